The maximum absolute atomic E-state index is 13.2. The number of hydrogen-bond donors (Lipinski definition) is 0. The molecule has 1 aromatic heterocycles. The summed E-state index contributed by atoms with van der Waals surface area (Å²) in [6.45, 7) is 7.94. The van der Waals surface area contributed by atoms with E-state index in [0.29, 0.717) is 49.3 Å². The molecule has 0 amide bonds. The molecule has 0 aliphatic carbocycles. The zero-order chi connectivity index (χ0) is 22.7. The molecule has 3 aromatic rings. The van der Waals surface area contributed by atoms with Gasteiger partial charge in [-0.15, -0.1) is 0 Å². The molecule has 0 bridgehead atoms. The minimum atomic E-state index is -0.237. The van der Waals surface area contributed by atoms with Gasteiger partial charge in [-0.05, 0) is 56.1 Å². The first-order valence-electron chi connectivity index (χ1n) is 9.34. The highest BCUT2D eigenvalue weighted by Crippen LogP contribution is 2.42. The van der Waals surface area contributed by atoms with Crippen LogP contribution < -0.4 is 15.0 Å². The normalized spacial score (nSPS) is 11.5. The van der Waals surface area contributed by atoms with Crippen molar-refractivity contribution in [3.63, 3.8) is 0 Å². The van der Waals surface area contributed by atoms with Gasteiger partial charge in [-0.1, -0.05) is 42.4 Å². The lowest BCUT2D eigenvalue weighted by Gasteiger charge is -2.15. The van der Waals surface area contributed by atoms with Crippen LogP contribution in [0.3, 0.4) is 0 Å². The minimum Gasteiger partial charge on any atom is -0.493 e. The molecule has 2 aromatic carbocycles. The SMILES string of the molecule is C=CCOc1c(OC)cc(C=Nn2c(C(C)C)nc3ccc(Br)cc3c2=O)c(Br)c1Br. The average molecular weight is 614 g/mol. The topological polar surface area (TPSA) is 65.7 Å². The van der Waals surface area contributed by atoms with Crippen LogP contribution in [-0.2, 0) is 0 Å². The molecule has 3 rings (SSSR count). The predicted molar refractivity (Wildman–Crippen MR) is 135 cm³/mol. The fourth-order valence-corrected chi connectivity index (χ4v) is 4.19. The molecular weight excluding hydrogens is 594 g/mol. The maximum Gasteiger partial charge on any atom is 0.282 e. The quantitative estimate of drug-likeness (QED) is 0.233. The van der Waals surface area contributed by atoms with Crippen molar-refractivity contribution in [3.8, 4) is 11.5 Å². The van der Waals surface area contributed by atoms with Gasteiger partial charge in [0.15, 0.2) is 11.5 Å². The summed E-state index contributed by atoms with van der Waals surface area (Å²) < 4.78 is 14.7. The molecule has 0 saturated carbocycles. The van der Waals surface area contributed by atoms with Gasteiger partial charge in [0.1, 0.15) is 12.4 Å². The predicted octanol–water partition coefficient (Wildman–Crippen LogP) is 6.26. The highest BCUT2D eigenvalue weighted by atomic mass is 79.9. The van der Waals surface area contributed by atoms with Crippen molar-refractivity contribution < 1.29 is 9.47 Å². The molecule has 0 atom stereocenters. The number of hydrogen-bond acceptors (Lipinski definition) is 5. The molecule has 0 saturated heterocycles. The number of methoxy groups -OCH3 is 1. The number of benzene rings is 2. The lowest BCUT2D eigenvalue weighted by molar-refractivity contribution is 0.324. The lowest BCUT2D eigenvalue weighted by atomic mass is 10.2. The fourth-order valence-electron chi connectivity index (χ4n) is 2.90. The summed E-state index contributed by atoms with van der Waals surface area (Å²) >= 11 is 10.5. The van der Waals surface area contributed by atoms with Gasteiger partial charge in [-0.3, -0.25) is 4.79 Å². The Morgan fingerprint density at radius 2 is 1.97 bits per heavy atom. The van der Waals surface area contributed by atoms with Crippen molar-refractivity contribution in [1.29, 1.82) is 0 Å². The van der Waals surface area contributed by atoms with Crippen LogP contribution in [0.25, 0.3) is 10.9 Å². The third-order valence-corrected chi connectivity index (χ3v) is 7.02. The van der Waals surface area contributed by atoms with Crippen molar-refractivity contribution >= 4 is 64.9 Å². The summed E-state index contributed by atoms with van der Waals surface area (Å²) in [6, 6.07) is 7.22. The molecule has 0 unspecified atom stereocenters. The molecular formula is C22H20Br3N3O3. The van der Waals surface area contributed by atoms with Crippen LogP contribution in [0.15, 0.2) is 60.2 Å². The van der Waals surface area contributed by atoms with Crippen molar-refractivity contribution in [3.05, 3.63) is 72.1 Å². The molecule has 0 spiro atoms. The van der Waals surface area contributed by atoms with Gasteiger partial charge < -0.3 is 9.47 Å². The number of ether oxygens (including phenoxy) is 2. The Balaban J connectivity index is 2.16. The lowest BCUT2D eigenvalue weighted by Crippen LogP contribution is -2.23. The van der Waals surface area contributed by atoms with Crippen molar-refractivity contribution in [2.24, 2.45) is 5.10 Å². The molecule has 31 heavy (non-hydrogen) atoms. The fraction of sp³-hybridized carbons (Fsp3) is 0.227. The smallest absolute Gasteiger partial charge is 0.282 e. The van der Waals surface area contributed by atoms with Gasteiger partial charge in [0.25, 0.3) is 5.56 Å². The third kappa shape index (κ3) is 4.94. The molecule has 0 N–H and O–H groups in total. The molecule has 0 aliphatic rings. The van der Waals surface area contributed by atoms with Gasteiger partial charge in [0.05, 0.1) is 28.7 Å². The van der Waals surface area contributed by atoms with E-state index in [9.17, 15) is 4.79 Å². The molecule has 0 fully saturated rings. The molecule has 9 heteroatoms. The van der Waals surface area contributed by atoms with Crippen LogP contribution in [0.4, 0.5) is 0 Å². The second-order valence-electron chi connectivity index (χ2n) is 6.87. The van der Waals surface area contributed by atoms with E-state index in [1.165, 1.54) is 4.68 Å². The summed E-state index contributed by atoms with van der Waals surface area (Å²) in [7, 11) is 1.56. The van der Waals surface area contributed by atoms with Gasteiger partial charge >= 0.3 is 0 Å². The standard InChI is InChI=1S/C22H20Br3N3O3/c1-5-8-31-20-17(30-4)9-13(18(24)19(20)25)11-26-28-21(12(2)3)27-16-7-6-14(23)10-15(16)22(28)29/h5-7,9-12H,1,8H2,2-4H3. The van der Waals surface area contributed by atoms with E-state index < -0.39 is 0 Å². The highest BCUT2D eigenvalue weighted by molar-refractivity contribution is 9.13. The minimum absolute atomic E-state index is 0.00251. The molecule has 1 heterocycles. The monoisotopic (exact) mass is 611 g/mol. The van der Waals surface area contributed by atoms with E-state index >= 15 is 0 Å². The van der Waals surface area contributed by atoms with E-state index in [4.69, 9.17) is 9.47 Å². The molecule has 0 radical (unpaired) electrons. The second-order valence-corrected chi connectivity index (χ2v) is 9.37. The zero-order valence-corrected chi connectivity index (χ0v) is 21.9. The highest BCUT2D eigenvalue weighted by Gasteiger charge is 2.17. The van der Waals surface area contributed by atoms with Gasteiger partial charge in [0.2, 0.25) is 0 Å². The third-order valence-electron chi connectivity index (χ3n) is 4.38. The van der Waals surface area contributed by atoms with E-state index in [1.54, 1.807) is 31.5 Å². The van der Waals surface area contributed by atoms with E-state index in [0.717, 1.165) is 4.47 Å². The van der Waals surface area contributed by atoms with Gasteiger partial charge in [0, 0.05) is 20.4 Å². The molecule has 162 valence electrons. The summed E-state index contributed by atoms with van der Waals surface area (Å²) in [5, 5.41) is 4.97. The number of halogens is 3. The number of rotatable bonds is 7. The summed E-state index contributed by atoms with van der Waals surface area (Å²) in [6.07, 6.45) is 3.24. The first kappa shape index (κ1) is 23.7. The number of fused-ring (bicyclic) bond motifs is 1. The number of aromatic nitrogens is 2. The Morgan fingerprint density at radius 1 is 1.23 bits per heavy atom. The Morgan fingerprint density at radius 3 is 2.61 bits per heavy atom. The van der Waals surface area contributed by atoms with Crippen LogP contribution in [0.5, 0.6) is 11.5 Å². The van der Waals surface area contributed by atoms with E-state index in [2.05, 4.69) is 64.5 Å². The Hall–Kier alpha value is -1.97. The van der Waals surface area contributed by atoms with Crippen LogP contribution in [0.2, 0.25) is 0 Å². The van der Waals surface area contributed by atoms with Gasteiger partial charge in [-0.25, -0.2) is 4.98 Å². The van der Waals surface area contributed by atoms with Crippen LogP contribution in [-0.4, -0.2) is 29.6 Å². The maximum atomic E-state index is 13.2. The largest absolute Gasteiger partial charge is 0.493 e. The zero-order valence-electron chi connectivity index (χ0n) is 17.2. The summed E-state index contributed by atoms with van der Waals surface area (Å²) in [5.74, 6) is 1.64. The van der Waals surface area contributed by atoms with E-state index in [1.807, 2.05) is 26.0 Å². The summed E-state index contributed by atoms with van der Waals surface area (Å²) in [5.41, 5.74) is 1.10. The Kier molecular flexibility index (Phi) is 7.72. The Labute approximate surface area is 205 Å². The van der Waals surface area contributed by atoms with Crippen LogP contribution in [0.1, 0.15) is 31.2 Å². The first-order chi connectivity index (χ1) is 14.8. The first-order valence-corrected chi connectivity index (χ1v) is 11.7. The average Bonchev–Trinajstić information content (AvgIpc) is 2.75. The van der Waals surface area contributed by atoms with Crippen LogP contribution in [0, 0.1) is 0 Å². The Bertz CT molecular complexity index is 1240. The van der Waals surface area contributed by atoms with Crippen molar-refractivity contribution in [2.45, 2.75) is 19.8 Å². The van der Waals surface area contributed by atoms with Gasteiger partial charge in [-0.2, -0.15) is 9.78 Å². The molecule has 6 nitrogen and oxygen atoms in total. The molecule has 0 aliphatic heterocycles. The van der Waals surface area contributed by atoms with Crippen molar-refractivity contribution in [2.75, 3.05) is 13.7 Å². The van der Waals surface area contributed by atoms with Crippen molar-refractivity contribution in [1.82, 2.24) is 9.66 Å². The second kappa shape index (κ2) is 10.1. The van der Waals surface area contributed by atoms with E-state index in [-0.39, 0.29) is 11.5 Å². The van der Waals surface area contributed by atoms with Crippen LogP contribution >= 0.6 is 47.8 Å². The number of nitrogens with zero attached hydrogens (tertiary/aromatic N) is 3. The summed E-state index contributed by atoms with van der Waals surface area (Å²) in [4.78, 5) is 17.9.